The van der Waals surface area contributed by atoms with Crippen LogP contribution >= 0.6 is 0 Å². The smallest absolute Gasteiger partial charge is 0.184 e. The number of nitriles is 2. The Morgan fingerprint density at radius 2 is 1.72 bits per heavy atom. The van der Waals surface area contributed by atoms with E-state index >= 15 is 0 Å². The minimum absolute atomic E-state index is 0.0254. The number of hydrogen-bond donors (Lipinski definition) is 1. The number of hydrogen-bond acceptors (Lipinski definition) is 6. The minimum Gasteiger partial charge on any atom is -0.325 e. The molecular weight excluding hydrogens is 362 g/mol. The van der Waals surface area contributed by atoms with Gasteiger partial charge in [0.05, 0.1) is 29.0 Å². The number of benzene rings is 2. The molecule has 0 spiro atoms. The largest absolute Gasteiger partial charge is 0.325 e. The molecule has 0 aliphatic carbocycles. The van der Waals surface area contributed by atoms with Crippen molar-refractivity contribution in [2.24, 2.45) is 10.7 Å². The zero-order chi connectivity index (χ0) is 20.4. The highest BCUT2D eigenvalue weighted by molar-refractivity contribution is 6.16. The summed E-state index contributed by atoms with van der Waals surface area (Å²) in [6.45, 7) is 0.386. The summed E-state index contributed by atoms with van der Waals surface area (Å²) in [5.74, 6) is -0.0254. The number of aromatic nitrogens is 1. The van der Waals surface area contributed by atoms with Crippen molar-refractivity contribution in [3.05, 3.63) is 77.1 Å². The summed E-state index contributed by atoms with van der Waals surface area (Å²) in [7, 11) is 0. The molecule has 29 heavy (non-hydrogen) atoms. The van der Waals surface area contributed by atoms with E-state index in [1.165, 1.54) is 0 Å². The predicted octanol–water partition coefficient (Wildman–Crippen LogP) is 3.10. The maximum atomic E-state index is 12.1. The highest BCUT2D eigenvalue weighted by Gasteiger charge is 2.20. The Morgan fingerprint density at radius 3 is 2.48 bits per heavy atom. The number of nitrogens with zero attached hydrogens (tertiary/aromatic N) is 4. The van der Waals surface area contributed by atoms with E-state index in [1.807, 2.05) is 18.2 Å². The molecule has 4 rings (SSSR count). The van der Waals surface area contributed by atoms with Crippen LogP contribution in [0.3, 0.4) is 0 Å². The standard InChI is InChI=1S/C23H15N5O/c24-8-14-1-2-16(9-25)20(5-14)18-6-17(11-27-12-18)15-3-4-19-21(7-15)22(10-26)28-13-23(19)29/h1-7,11-12H,10,13,26H2. The van der Waals surface area contributed by atoms with Crippen molar-refractivity contribution in [2.45, 2.75) is 0 Å². The molecule has 0 bridgehead atoms. The molecule has 6 heteroatoms. The lowest BCUT2D eigenvalue weighted by molar-refractivity contribution is 0.1000. The fourth-order valence-electron chi connectivity index (χ4n) is 3.41. The quantitative estimate of drug-likeness (QED) is 0.753. The van der Waals surface area contributed by atoms with Gasteiger partial charge < -0.3 is 5.73 Å². The topological polar surface area (TPSA) is 116 Å². The second-order valence-corrected chi connectivity index (χ2v) is 6.60. The van der Waals surface area contributed by atoms with Crippen LogP contribution < -0.4 is 5.73 Å². The Labute approximate surface area is 167 Å². The first kappa shape index (κ1) is 18.2. The van der Waals surface area contributed by atoms with Crippen molar-refractivity contribution in [2.75, 3.05) is 13.1 Å². The summed E-state index contributed by atoms with van der Waals surface area (Å²) in [6.07, 6.45) is 3.38. The summed E-state index contributed by atoms with van der Waals surface area (Å²) < 4.78 is 0. The number of fused-ring (bicyclic) bond motifs is 1. The van der Waals surface area contributed by atoms with Gasteiger partial charge in [0.1, 0.15) is 6.54 Å². The van der Waals surface area contributed by atoms with E-state index in [9.17, 15) is 15.3 Å². The number of carbonyl (C=O) groups excluding carboxylic acids is 1. The first-order valence-electron chi connectivity index (χ1n) is 8.95. The summed E-state index contributed by atoms with van der Waals surface area (Å²) >= 11 is 0. The fraction of sp³-hybridized carbons (Fsp3) is 0.0870. The molecule has 0 unspecified atom stereocenters. The third-order valence-corrected chi connectivity index (χ3v) is 4.89. The van der Waals surface area contributed by atoms with Crippen molar-refractivity contribution in [1.82, 2.24) is 4.98 Å². The van der Waals surface area contributed by atoms with Gasteiger partial charge in [-0.05, 0) is 35.9 Å². The second kappa shape index (κ2) is 7.47. The van der Waals surface area contributed by atoms with Gasteiger partial charge in [-0.15, -0.1) is 0 Å². The molecule has 0 saturated carbocycles. The Kier molecular flexibility index (Phi) is 4.70. The Bertz CT molecular complexity index is 1260. The molecule has 0 saturated heterocycles. The lowest BCUT2D eigenvalue weighted by atomic mass is 9.92. The lowest BCUT2D eigenvalue weighted by Crippen LogP contribution is -2.24. The normalized spacial score (nSPS) is 12.5. The van der Waals surface area contributed by atoms with Gasteiger partial charge >= 0.3 is 0 Å². The van der Waals surface area contributed by atoms with Crippen molar-refractivity contribution in [3.63, 3.8) is 0 Å². The zero-order valence-corrected chi connectivity index (χ0v) is 15.4. The van der Waals surface area contributed by atoms with Crippen molar-refractivity contribution in [3.8, 4) is 34.4 Å². The van der Waals surface area contributed by atoms with E-state index in [1.54, 1.807) is 36.7 Å². The van der Waals surface area contributed by atoms with Crippen LogP contribution in [-0.2, 0) is 0 Å². The number of aliphatic imine (C=N–C) groups is 1. The molecule has 0 fully saturated rings. The number of Topliss-reactive ketones (excluding diaryl/α,β-unsaturated/α-hetero) is 1. The maximum Gasteiger partial charge on any atom is 0.184 e. The third kappa shape index (κ3) is 3.29. The molecule has 6 nitrogen and oxygen atoms in total. The molecule has 1 aromatic heterocycles. The van der Waals surface area contributed by atoms with Crippen molar-refractivity contribution < 1.29 is 4.79 Å². The van der Waals surface area contributed by atoms with Gasteiger partial charge in [0.25, 0.3) is 0 Å². The highest BCUT2D eigenvalue weighted by atomic mass is 16.1. The second-order valence-electron chi connectivity index (χ2n) is 6.60. The average Bonchev–Trinajstić information content (AvgIpc) is 2.78. The molecule has 1 aliphatic heterocycles. The van der Waals surface area contributed by atoms with Gasteiger partial charge in [0.2, 0.25) is 0 Å². The Balaban J connectivity index is 1.83. The van der Waals surface area contributed by atoms with E-state index < -0.39 is 0 Å². The molecule has 2 heterocycles. The summed E-state index contributed by atoms with van der Waals surface area (Å²) in [4.78, 5) is 20.7. The lowest BCUT2D eigenvalue weighted by Gasteiger charge is -2.16. The van der Waals surface area contributed by atoms with Crippen LogP contribution in [0.25, 0.3) is 22.3 Å². The van der Waals surface area contributed by atoms with Crippen molar-refractivity contribution in [1.29, 1.82) is 10.5 Å². The Hall–Kier alpha value is -4.13. The van der Waals surface area contributed by atoms with Gasteiger partial charge in [-0.2, -0.15) is 10.5 Å². The van der Waals surface area contributed by atoms with Gasteiger partial charge in [0, 0.05) is 46.8 Å². The van der Waals surface area contributed by atoms with Crippen LogP contribution in [0.5, 0.6) is 0 Å². The van der Waals surface area contributed by atoms with Crippen LogP contribution in [0, 0.1) is 22.7 Å². The number of carbonyl (C=O) groups is 1. The van der Waals surface area contributed by atoms with E-state index in [-0.39, 0.29) is 18.9 Å². The van der Waals surface area contributed by atoms with Crippen LogP contribution in [0.15, 0.2) is 59.9 Å². The summed E-state index contributed by atoms with van der Waals surface area (Å²) in [6, 6.07) is 16.7. The number of pyridine rings is 1. The first-order valence-corrected chi connectivity index (χ1v) is 8.95. The molecular formula is C23H15N5O. The monoisotopic (exact) mass is 377 g/mol. The average molecular weight is 377 g/mol. The van der Waals surface area contributed by atoms with E-state index in [2.05, 4.69) is 22.1 Å². The summed E-state index contributed by atoms with van der Waals surface area (Å²) in [5.41, 5.74) is 11.9. The van der Waals surface area contributed by atoms with Crippen LogP contribution in [0.2, 0.25) is 0 Å². The maximum absolute atomic E-state index is 12.1. The molecule has 0 amide bonds. The summed E-state index contributed by atoms with van der Waals surface area (Å²) in [5, 5.41) is 18.6. The molecule has 2 N–H and O–H groups in total. The predicted molar refractivity (Wildman–Crippen MR) is 109 cm³/mol. The van der Waals surface area contributed by atoms with Gasteiger partial charge in [-0.25, -0.2) is 0 Å². The molecule has 1 aliphatic rings. The van der Waals surface area contributed by atoms with Gasteiger partial charge in [0.15, 0.2) is 5.78 Å². The van der Waals surface area contributed by atoms with Gasteiger partial charge in [-0.1, -0.05) is 12.1 Å². The number of rotatable bonds is 3. The van der Waals surface area contributed by atoms with Crippen LogP contribution in [-0.4, -0.2) is 29.6 Å². The minimum atomic E-state index is -0.0254. The van der Waals surface area contributed by atoms with Crippen LogP contribution in [0.4, 0.5) is 0 Å². The third-order valence-electron chi connectivity index (χ3n) is 4.89. The molecule has 0 radical (unpaired) electrons. The molecule has 0 atom stereocenters. The fourth-order valence-corrected chi connectivity index (χ4v) is 3.41. The van der Waals surface area contributed by atoms with E-state index in [0.29, 0.717) is 28.0 Å². The van der Waals surface area contributed by atoms with Crippen molar-refractivity contribution >= 4 is 11.5 Å². The first-order chi connectivity index (χ1) is 14.1. The van der Waals surface area contributed by atoms with E-state index in [4.69, 9.17) is 5.73 Å². The highest BCUT2D eigenvalue weighted by Crippen LogP contribution is 2.30. The Morgan fingerprint density at radius 1 is 0.897 bits per heavy atom. The number of ketones is 1. The van der Waals surface area contributed by atoms with Gasteiger partial charge in [-0.3, -0.25) is 14.8 Å². The molecule has 138 valence electrons. The van der Waals surface area contributed by atoms with E-state index in [0.717, 1.165) is 22.3 Å². The SMILES string of the molecule is N#Cc1ccc(C#N)c(-c2cncc(-c3ccc4c(c3)C(CN)=NCC4=O)c2)c1. The molecule has 2 aromatic carbocycles. The van der Waals surface area contributed by atoms with Crippen LogP contribution in [0.1, 0.15) is 27.0 Å². The zero-order valence-electron chi connectivity index (χ0n) is 15.4. The number of nitrogens with two attached hydrogens (primary N) is 1. The molecule has 3 aromatic rings.